The normalized spacial score (nSPS) is 12.4. The number of carboxylic acid groups (broad SMARTS) is 1. The topological polar surface area (TPSA) is 80.0 Å². The maximum Gasteiger partial charge on any atom is 0.303 e. The van der Waals surface area contributed by atoms with Crippen molar-refractivity contribution < 1.29 is 9.90 Å². The second kappa shape index (κ2) is 5.40. The number of hydrogen-bond acceptors (Lipinski definition) is 5. The SMILES string of the molecule is CNc1nc(-c2cnn(C)c2)c(C(C)CC(=O)O)s1. The summed E-state index contributed by atoms with van der Waals surface area (Å²) in [6.07, 6.45) is 3.72. The van der Waals surface area contributed by atoms with E-state index >= 15 is 0 Å². The minimum absolute atomic E-state index is 0.0766. The van der Waals surface area contributed by atoms with Crippen molar-refractivity contribution in [2.75, 3.05) is 12.4 Å². The molecule has 6 nitrogen and oxygen atoms in total. The Hall–Kier alpha value is -1.89. The van der Waals surface area contributed by atoms with Gasteiger partial charge in [0.25, 0.3) is 0 Å². The van der Waals surface area contributed by atoms with Gasteiger partial charge in [-0.3, -0.25) is 9.48 Å². The lowest BCUT2D eigenvalue weighted by Crippen LogP contribution is -2.02. The molecule has 0 saturated carbocycles. The number of aryl methyl sites for hydroxylation is 1. The molecule has 0 saturated heterocycles. The molecule has 2 aromatic heterocycles. The van der Waals surface area contributed by atoms with Crippen molar-refractivity contribution in [3.8, 4) is 11.3 Å². The molecule has 102 valence electrons. The number of carbonyl (C=O) groups is 1. The maximum atomic E-state index is 10.9. The van der Waals surface area contributed by atoms with Crippen LogP contribution in [0.25, 0.3) is 11.3 Å². The van der Waals surface area contributed by atoms with Crippen LogP contribution >= 0.6 is 11.3 Å². The van der Waals surface area contributed by atoms with Crippen LogP contribution in [0.3, 0.4) is 0 Å². The predicted octanol–water partition coefficient (Wildman–Crippen LogP) is 2.16. The molecule has 1 unspecified atom stereocenters. The molecular formula is C12H16N4O2S. The highest BCUT2D eigenvalue weighted by Crippen LogP contribution is 2.37. The minimum atomic E-state index is -0.802. The molecule has 2 aromatic rings. The quantitative estimate of drug-likeness (QED) is 0.877. The number of anilines is 1. The number of hydrogen-bond donors (Lipinski definition) is 2. The summed E-state index contributed by atoms with van der Waals surface area (Å²) in [7, 11) is 3.65. The lowest BCUT2D eigenvalue weighted by atomic mass is 10.0. The van der Waals surface area contributed by atoms with Crippen molar-refractivity contribution in [2.45, 2.75) is 19.3 Å². The van der Waals surface area contributed by atoms with Gasteiger partial charge >= 0.3 is 5.97 Å². The van der Waals surface area contributed by atoms with Crippen molar-refractivity contribution >= 4 is 22.4 Å². The summed E-state index contributed by atoms with van der Waals surface area (Å²) in [5.74, 6) is -0.878. The second-order valence-corrected chi connectivity index (χ2v) is 5.41. The molecule has 0 bridgehead atoms. The zero-order valence-corrected chi connectivity index (χ0v) is 11.9. The standard InChI is InChI=1S/C12H16N4O2S/c1-7(4-9(17)18)11-10(15-12(13-2)19-11)8-5-14-16(3)6-8/h5-7H,4H2,1-3H3,(H,13,15)(H,17,18). The first kappa shape index (κ1) is 13.5. The van der Waals surface area contributed by atoms with Crippen molar-refractivity contribution in [1.29, 1.82) is 0 Å². The summed E-state index contributed by atoms with van der Waals surface area (Å²) in [4.78, 5) is 16.3. The van der Waals surface area contributed by atoms with E-state index in [2.05, 4.69) is 15.4 Å². The highest BCUT2D eigenvalue weighted by Gasteiger charge is 2.20. The van der Waals surface area contributed by atoms with E-state index in [1.807, 2.05) is 20.2 Å². The van der Waals surface area contributed by atoms with E-state index in [0.29, 0.717) is 0 Å². The van der Waals surface area contributed by atoms with Crippen LogP contribution in [0, 0.1) is 0 Å². The zero-order valence-electron chi connectivity index (χ0n) is 11.0. The van der Waals surface area contributed by atoms with Gasteiger partial charge in [-0.15, -0.1) is 11.3 Å². The first-order valence-corrected chi connectivity index (χ1v) is 6.72. The van der Waals surface area contributed by atoms with Gasteiger partial charge in [-0.1, -0.05) is 6.92 Å². The van der Waals surface area contributed by atoms with Gasteiger partial charge in [0, 0.05) is 36.7 Å². The maximum absolute atomic E-state index is 10.9. The van der Waals surface area contributed by atoms with Crippen LogP contribution in [0.4, 0.5) is 5.13 Å². The average molecular weight is 280 g/mol. The van der Waals surface area contributed by atoms with Gasteiger partial charge in [-0.25, -0.2) is 4.98 Å². The summed E-state index contributed by atoms with van der Waals surface area (Å²) in [6.45, 7) is 1.90. The Labute approximate surface area is 115 Å². The summed E-state index contributed by atoms with van der Waals surface area (Å²) in [5, 5.41) is 16.8. The van der Waals surface area contributed by atoms with Crippen LogP contribution in [0.2, 0.25) is 0 Å². The molecule has 2 N–H and O–H groups in total. The monoisotopic (exact) mass is 280 g/mol. The molecule has 2 heterocycles. The molecular weight excluding hydrogens is 264 g/mol. The number of nitrogens with zero attached hydrogens (tertiary/aromatic N) is 3. The zero-order chi connectivity index (χ0) is 14.0. The number of aliphatic carboxylic acids is 1. The molecule has 0 aliphatic rings. The number of thiazole rings is 1. The van der Waals surface area contributed by atoms with E-state index in [1.54, 1.807) is 17.9 Å². The Morgan fingerprint density at radius 1 is 1.63 bits per heavy atom. The Morgan fingerprint density at radius 3 is 2.89 bits per heavy atom. The van der Waals surface area contributed by atoms with Gasteiger partial charge in [0.1, 0.15) is 0 Å². The molecule has 0 aromatic carbocycles. The molecule has 19 heavy (non-hydrogen) atoms. The van der Waals surface area contributed by atoms with E-state index in [4.69, 9.17) is 5.11 Å². The Kier molecular flexibility index (Phi) is 3.84. The third-order valence-electron chi connectivity index (χ3n) is 2.77. The molecule has 0 amide bonds. The first-order valence-electron chi connectivity index (χ1n) is 5.90. The molecule has 7 heteroatoms. The number of nitrogens with one attached hydrogen (secondary N) is 1. The fraction of sp³-hybridized carbons (Fsp3) is 0.417. The Morgan fingerprint density at radius 2 is 2.37 bits per heavy atom. The van der Waals surface area contributed by atoms with Crippen LogP contribution in [0.5, 0.6) is 0 Å². The summed E-state index contributed by atoms with van der Waals surface area (Å²) in [6, 6.07) is 0. The average Bonchev–Trinajstić information content (AvgIpc) is 2.93. The highest BCUT2D eigenvalue weighted by molar-refractivity contribution is 7.16. The number of rotatable bonds is 5. The molecule has 0 spiro atoms. The predicted molar refractivity (Wildman–Crippen MR) is 74.5 cm³/mol. The van der Waals surface area contributed by atoms with Gasteiger partial charge in [0.2, 0.25) is 0 Å². The Bertz CT molecular complexity index is 590. The fourth-order valence-corrected chi connectivity index (χ4v) is 2.87. The van der Waals surface area contributed by atoms with Gasteiger partial charge in [-0.2, -0.15) is 5.10 Å². The molecule has 0 aliphatic carbocycles. The third-order valence-corrected chi connectivity index (χ3v) is 4.08. The van der Waals surface area contributed by atoms with Gasteiger partial charge < -0.3 is 10.4 Å². The van der Waals surface area contributed by atoms with Crippen molar-refractivity contribution in [1.82, 2.24) is 14.8 Å². The van der Waals surface area contributed by atoms with E-state index in [1.165, 1.54) is 11.3 Å². The molecule has 1 atom stereocenters. The van der Waals surface area contributed by atoms with Gasteiger partial charge in [0.15, 0.2) is 5.13 Å². The van der Waals surface area contributed by atoms with E-state index in [-0.39, 0.29) is 12.3 Å². The van der Waals surface area contributed by atoms with Gasteiger partial charge in [-0.05, 0) is 0 Å². The molecule has 2 rings (SSSR count). The summed E-state index contributed by atoms with van der Waals surface area (Å²) < 4.78 is 1.71. The van der Waals surface area contributed by atoms with Crippen LogP contribution in [-0.4, -0.2) is 32.9 Å². The number of carboxylic acids is 1. The molecule has 0 fully saturated rings. The van der Waals surface area contributed by atoms with Crippen LogP contribution in [-0.2, 0) is 11.8 Å². The molecule has 0 radical (unpaired) electrons. The second-order valence-electron chi connectivity index (χ2n) is 4.38. The third kappa shape index (κ3) is 2.93. The van der Waals surface area contributed by atoms with Crippen molar-refractivity contribution in [3.05, 3.63) is 17.3 Å². The van der Waals surface area contributed by atoms with E-state index < -0.39 is 5.97 Å². The molecule has 0 aliphatic heterocycles. The highest BCUT2D eigenvalue weighted by atomic mass is 32.1. The van der Waals surface area contributed by atoms with Crippen molar-refractivity contribution in [3.63, 3.8) is 0 Å². The van der Waals surface area contributed by atoms with Crippen molar-refractivity contribution in [2.24, 2.45) is 7.05 Å². The lowest BCUT2D eigenvalue weighted by Gasteiger charge is -2.07. The summed E-state index contributed by atoms with van der Waals surface area (Å²) in [5.41, 5.74) is 1.73. The van der Waals surface area contributed by atoms with E-state index in [9.17, 15) is 4.79 Å². The summed E-state index contributed by atoms with van der Waals surface area (Å²) >= 11 is 1.49. The smallest absolute Gasteiger partial charge is 0.303 e. The van der Waals surface area contributed by atoms with Crippen LogP contribution in [0.1, 0.15) is 24.1 Å². The van der Waals surface area contributed by atoms with Gasteiger partial charge in [0.05, 0.1) is 18.3 Å². The Balaban J connectivity index is 2.41. The van der Waals surface area contributed by atoms with Crippen LogP contribution in [0.15, 0.2) is 12.4 Å². The lowest BCUT2D eigenvalue weighted by molar-refractivity contribution is -0.137. The minimum Gasteiger partial charge on any atom is -0.481 e. The largest absolute Gasteiger partial charge is 0.481 e. The first-order chi connectivity index (χ1) is 9.01. The van der Waals surface area contributed by atoms with Crippen LogP contribution < -0.4 is 5.32 Å². The van der Waals surface area contributed by atoms with E-state index in [0.717, 1.165) is 21.3 Å². The number of aromatic nitrogens is 3. The fourth-order valence-electron chi connectivity index (χ4n) is 1.88.